The Morgan fingerprint density at radius 1 is 1.28 bits per heavy atom. The van der Waals surface area contributed by atoms with Crippen LogP contribution in [0, 0.1) is 4.64 Å². The van der Waals surface area contributed by atoms with Crippen LogP contribution in [-0.4, -0.2) is 9.97 Å². The second kappa shape index (κ2) is 4.87. The van der Waals surface area contributed by atoms with Crippen molar-refractivity contribution < 1.29 is 0 Å². The van der Waals surface area contributed by atoms with Crippen LogP contribution in [0.15, 0.2) is 33.2 Å². The summed E-state index contributed by atoms with van der Waals surface area (Å²) in [7, 11) is 0. The monoisotopic (exact) mass is 384 g/mol. The Labute approximate surface area is 127 Å². The number of H-pyrrole nitrogens is 1. The van der Waals surface area contributed by atoms with Crippen LogP contribution in [0.1, 0.15) is 24.5 Å². The summed E-state index contributed by atoms with van der Waals surface area (Å²) in [6.07, 6.45) is 2.46. The topological polar surface area (TPSA) is 28.7 Å². The highest BCUT2D eigenvalue weighted by molar-refractivity contribution is 9.10. The summed E-state index contributed by atoms with van der Waals surface area (Å²) in [5.41, 5.74) is 2.23. The van der Waals surface area contributed by atoms with Crippen molar-refractivity contribution in [1.82, 2.24) is 9.97 Å². The number of rotatable bonds is 2. The van der Waals surface area contributed by atoms with Crippen molar-refractivity contribution in [2.45, 2.75) is 18.8 Å². The highest BCUT2D eigenvalue weighted by Gasteiger charge is 2.27. The minimum absolute atomic E-state index is 0.606. The summed E-state index contributed by atoms with van der Waals surface area (Å²) in [4.78, 5) is 7.86. The highest BCUT2D eigenvalue weighted by Crippen LogP contribution is 2.42. The number of benzene rings is 1. The summed E-state index contributed by atoms with van der Waals surface area (Å²) >= 11 is 12.3. The van der Waals surface area contributed by atoms with Crippen molar-refractivity contribution in [1.29, 1.82) is 0 Å². The molecule has 92 valence electrons. The van der Waals surface area contributed by atoms with Crippen molar-refractivity contribution in [2.24, 2.45) is 0 Å². The van der Waals surface area contributed by atoms with Gasteiger partial charge in [-0.05, 0) is 40.9 Å². The molecule has 0 bridgehead atoms. The maximum absolute atomic E-state index is 5.32. The van der Waals surface area contributed by atoms with Crippen LogP contribution in [0.25, 0.3) is 11.4 Å². The second-order valence-corrected chi connectivity index (χ2v) is 6.50. The minimum Gasteiger partial charge on any atom is -0.342 e. The van der Waals surface area contributed by atoms with E-state index in [0.29, 0.717) is 10.6 Å². The number of halogens is 2. The van der Waals surface area contributed by atoms with Gasteiger partial charge in [-0.2, -0.15) is 0 Å². The zero-order chi connectivity index (χ0) is 12.7. The van der Waals surface area contributed by atoms with Gasteiger partial charge in [0.15, 0.2) is 0 Å². The van der Waals surface area contributed by atoms with Gasteiger partial charge in [-0.1, -0.05) is 40.3 Å². The minimum atomic E-state index is 0.606. The lowest BCUT2D eigenvalue weighted by atomic mass is 10.2. The maximum Gasteiger partial charge on any atom is 0.144 e. The van der Waals surface area contributed by atoms with E-state index in [1.165, 1.54) is 18.5 Å². The Kier molecular flexibility index (Phi) is 3.38. The van der Waals surface area contributed by atoms with Gasteiger partial charge < -0.3 is 4.98 Å². The molecule has 3 rings (SSSR count). The number of hydrogen-bond acceptors (Lipinski definition) is 2. The maximum atomic E-state index is 5.32. The predicted octanol–water partition coefficient (Wildman–Crippen LogP) is 5.21. The first-order valence-corrected chi connectivity index (χ1v) is 7.70. The number of aromatic nitrogens is 2. The molecule has 0 aliphatic heterocycles. The highest BCUT2D eigenvalue weighted by atomic mass is 79.9. The van der Waals surface area contributed by atoms with Gasteiger partial charge >= 0.3 is 0 Å². The van der Waals surface area contributed by atoms with Crippen LogP contribution in [-0.2, 0) is 0 Å². The molecule has 1 N–H and O–H groups in total. The number of hydrogen-bond donors (Lipinski definition) is 1. The molecular weight excluding hydrogens is 376 g/mol. The fourth-order valence-electron chi connectivity index (χ4n) is 1.90. The van der Waals surface area contributed by atoms with Crippen molar-refractivity contribution in [3.8, 4) is 11.4 Å². The van der Waals surface area contributed by atoms with Crippen LogP contribution in [0.4, 0.5) is 0 Å². The third-order valence-corrected chi connectivity index (χ3v) is 4.83. The van der Waals surface area contributed by atoms with Crippen LogP contribution in [0.3, 0.4) is 0 Å². The van der Waals surface area contributed by atoms with Gasteiger partial charge in [0.1, 0.15) is 10.5 Å². The first-order valence-electron chi connectivity index (χ1n) is 5.71. The van der Waals surface area contributed by atoms with Crippen LogP contribution in [0.5, 0.6) is 0 Å². The summed E-state index contributed by atoms with van der Waals surface area (Å²) in [5, 5.41) is 0. The Hall–Kier alpha value is -0.520. The van der Waals surface area contributed by atoms with Gasteiger partial charge in [0.25, 0.3) is 0 Å². The summed E-state index contributed by atoms with van der Waals surface area (Å²) in [5.74, 6) is 1.45. The molecule has 1 fully saturated rings. The molecule has 1 aromatic heterocycles. The molecule has 0 atom stereocenters. The first kappa shape index (κ1) is 12.5. The fraction of sp³-hybridized carbons (Fsp3) is 0.231. The molecule has 1 saturated carbocycles. The largest absolute Gasteiger partial charge is 0.342 e. The lowest BCUT2D eigenvalue weighted by Crippen LogP contribution is -1.97. The molecule has 0 saturated heterocycles. The lowest BCUT2D eigenvalue weighted by molar-refractivity contribution is 0.973. The van der Waals surface area contributed by atoms with Crippen molar-refractivity contribution >= 4 is 44.1 Å². The summed E-state index contributed by atoms with van der Waals surface area (Å²) in [6, 6.07) is 8.07. The molecule has 1 heterocycles. The SMILES string of the molecule is S=c1nc(-c2cccc(Br)c2)[nH]c(C2CC2)c1Br. The van der Waals surface area contributed by atoms with Gasteiger partial charge in [-0.25, -0.2) is 4.98 Å². The molecule has 1 aliphatic carbocycles. The Balaban J connectivity index is 2.15. The molecular formula is C13H10Br2N2S. The van der Waals surface area contributed by atoms with Crippen molar-refractivity contribution in [3.63, 3.8) is 0 Å². The average Bonchev–Trinajstić information content (AvgIpc) is 3.16. The first-order chi connectivity index (χ1) is 8.65. The third-order valence-electron chi connectivity index (χ3n) is 2.97. The standard InChI is InChI=1S/C13H10Br2N2S/c14-9-3-1-2-8(6-9)12-16-11(7-4-5-7)10(15)13(18)17-12/h1-3,6-7H,4-5H2,(H,16,17,18). The van der Waals surface area contributed by atoms with E-state index in [4.69, 9.17) is 12.2 Å². The average molecular weight is 386 g/mol. The molecule has 2 nitrogen and oxygen atoms in total. The number of aromatic amines is 1. The van der Waals surface area contributed by atoms with Gasteiger partial charge in [-0.3, -0.25) is 0 Å². The zero-order valence-electron chi connectivity index (χ0n) is 9.41. The van der Waals surface area contributed by atoms with E-state index >= 15 is 0 Å². The smallest absolute Gasteiger partial charge is 0.144 e. The Bertz CT molecular complexity index is 662. The molecule has 0 spiro atoms. The molecule has 5 heteroatoms. The van der Waals surface area contributed by atoms with Gasteiger partial charge in [-0.15, -0.1) is 0 Å². The van der Waals surface area contributed by atoms with Crippen LogP contribution < -0.4 is 0 Å². The molecule has 0 radical (unpaired) electrons. The van der Waals surface area contributed by atoms with E-state index in [9.17, 15) is 0 Å². The van der Waals surface area contributed by atoms with Gasteiger partial charge in [0, 0.05) is 21.6 Å². The van der Waals surface area contributed by atoms with E-state index in [1.807, 2.05) is 24.3 Å². The Morgan fingerprint density at radius 2 is 2.06 bits per heavy atom. The Morgan fingerprint density at radius 3 is 2.72 bits per heavy atom. The van der Waals surface area contributed by atoms with Gasteiger partial charge in [0.2, 0.25) is 0 Å². The normalized spacial score (nSPS) is 14.8. The quantitative estimate of drug-likeness (QED) is 0.719. The predicted molar refractivity (Wildman–Crippen MR) is 82.2 cm³/mol. The third kappa shape index (κ3) is 2.44. The summed E-state index contributed by atoms with van der Waals surface area (Å²) in [6.45, 7) is 0. The number of nitrogens with one attached hydrogen (secondary N) is 1. The van der Waals surface area contributed by atoms with E-state index in [-0.39, 0.29) is 0 Å². The summed E-state index contributed by atoms with van der Waals surface area (Å²) < 4.78 is 2.61. The van der Waals surface area contributed by atoms with Crippen molar-refractivity contribution in [3.05, 3.63) is 43.5 Å². The van der Waals surface area contributed by atoms with Crippen molar-refractivity contribution in [2.75, 3.05) is 0 Å². The second-order valence-electron chi connectivity index (χ2n) is 4.40. The van der Waals surface area contributed by atoms with E-state index < -0.39 is 0 Å². The van der Waals surface area contributed by atoms with E-state index in [1.54, 1.807) is 0 Å². The zero-order valence-corrected chi connectivity index (χ0v) is 13.4. The molecule has 0 amide bonds. The molecule has 0 unspecified atom stereocenters. The van der Waals surface area contributed by atoms with Crippen LogP contribution in [0.2, 0.25) is 0 Å². The lowest BCUT2D eigenvalue weighted by Gasteiger charge is -2.08. The fourth-order valence-corrected chi connectivity index (χ4v) is 3.01. The molecule has 1 aliphatic rings. The van der Waals surface area contributed by atoms with E-state index in [2.05, 4.69) is 41.8 Å². The number of nitrogens with zero attached hydrogens (tertiary/aromatic N) is 1. The molecule has 1 aromatic carbocycles. The van der Waals surface area contributed by atoms with Gasteiger partial charge in [0.05, 0.1) is 4.47 Å². The van der Waals surface area contributed by atoms with Crippen LogP contribution >= 0.6 is 44.1 Å². The van der Waals surface area contributed by atoms with E-state index in [0.717, 1.165) is 20.3 Å². The molecule has 18 heavy (non-hydrogen) atoms. The molecule has 2 aromatic rings.